The number of aryl methyl sites for hydroxylation is 1. The number of nitrogens with zero attached hydrogens (tertiary/aromatic N) is 4. The van der Waals surface area contributed by atoms with E-state index in [1.165, 1.54) is 40.4 Å². The smallest absolute Gasteiger partial charge is 0.246 e. The Labute approximate surface area is 418 Å². The van der Waals surface area contributed by atoms with Crippen molar-refractivity contribution in [2.45, 2.75) is 127 Å². The molecule has 6 amide bonds. The highest BCUT2D eigenvalue weighted by Gasteiger charge is 2.42. The van der Waals surface area contributed by atoms with E-state index < -0.39 is 47.2 Å². The average Bonchev–Trinajstić information content (AvgIpc) is 3.67. The van der Waals surface area contributed by atoms with Crippen LogP contribution in [0.3, 0.4) is 0 Å². The van der Waals surface area contributed by atoms with E-state index in [9.17, 15) is 38.7 Å². The average molecular weight is 1030 g/mol. The maximum absolute atomic E-state index is 14.5. The van der Waals surface area contributed by atoms with Gasteiger partial charge in [0, 0.05) is 57.1 Å². The maximum Gasteiger partial charge on any atom is 0.246 e. The van der Waals surface area contributed by atoms with Crippen molar-refractivity contribution in [2.24, 2.45) is 23.2 Å². The van der Waals surface area contributed by atoms with E-state index in [4.69, 9.17) is 5.41 Å². The molecule has 0 saturated carbocycles. The van der Waals surface area contributed by atoms with Crippen LogP contribution in [0, 0.1) is 35.5 Å². The molecule has 0 radical (unpaired) electrons. The molecule has 0 spiro atoms. The molecule has 1 fully saturated rings. The van der Waals surface area contributed by atoms with Gasteiger partial charge in [-0.05, 0) is 72.2 Å². The normalized spacial score (nSPS) is 15.6. The molecule has 0 aromatic heterocycles. The summed E-state index contributed by atoms with van der Waals surface area (Å²) in [6.07, 6.45) is 1.58. The molecular formula is C51H80BrN7O8S. The van der Waals surface area contributed by atoms with E-state index in [0.717, 1.165) is 17.7 Å². The first-order chi connectivity index (χ1) is 31.6. The summed E-state index contributed by atoms with van der Waals surface area (Å²) in [5.41, 5.74) is 1.26. The van der Waals surface area contributed by atoms with Crippen LogP contribution in [0.5, 0.6) is 5.75 Å². The quantitative estimate of drug-likeness (QED) is 0.0837. The van der Waals surface area contributed by atoms with Gasteiger partial charge >= 0.3 is 0 Å². The third-order valence-corrected chi connectivity index (χ3v) is 12.6. The summed E-state index contributed by atoms with van der Waals surface area (Å²) in [5.74, 6) is -1.96. The Morgan fingerprint density at radius 2 is 1.54 bits per heavy atom. The van der Waals surface area contributed by atoms with Gasteiger partial charge in [-0.3, -0.25) is 39.0 Å². The monoisotopic (exact) mass is 1030 g/mol. The number of hydrogen-bond acceptors (Lipinski definition) is 10. The Balaban J connectivity index is 0.00000185. The number of aromatic hydroxyl groups is 1. The zero-order chi connectivity index (χ0) is 52.1. The molecule has 380 valence electrons. The second-order valence-corrected chi connectivity index (χ2v) is 21.3. The van der Waals surface area contributed by atoms with Crippen LogP contribution in [0.4, 0.5) is 0 Å². The van der Waals surface area contributed by atoms with Crippen LogP contribution >= 0.6 is 27.7 Å². The number of carbonyl (C=O) groups excluding carboxylic acids is 7. The van der Waals surface area contributed by atoms with Gasteiger partial charge in [0.05, 0.1) is 35.2 Å². The van der Waals surface area contributed by atoms with E-state index in [-0.39, 0.29) is 72.0 Å². The zero-order valence-corrected chi connectivity index (χ0v) is 45.4. The number of hydrogen-bond donors (Lipinski definition) is 4. The van der Waals surface area contributed by atoms with Gasteiger partial charge in [-0.15, -0.1) is 11.8 Å². The molecule has 1 aliphatic heterocycles. The van der Waals surface area contributed by atoms with Gasteiger partial charge in [0.15, 0.2) is 5.78 Å². The van der Waals surface area contributed by atoms with Gasteiger partial charge in [0.2, 0.25) is 35.4 Å². The fraction of sp³-hybridized carbons (Fsp3) is 0.608. The highest BCUT2D eigenvalue weighted by molar-refractivity contribution is 9.10. The summed E-state index contributed by atoms with van der Waals surface area (Å²) in [6.45, 7) is 22.8. The number of thioether (sulfide) groups is 1. The summed E-state index contributed by atoms with van der Waals surface area (Å²) < 4.78 is 0.428. The van der Waals surface area contributed by atoms with Gasteiger partial charge in [-0.2, -0.15) is 0 Å². The number of ketones is 1. The minimum absolute atomic E-state index is 0.00883. The Morgan fingerprint density at radius 1 is 0.941 bits per heavy atom. The number of amides is 6. The molecule has 0 unspecified atom stereocenters. The van der Waals surface area contributed by atoms with Gasteiger partial charge in [-0.25, -0.2) is 0 Å². The molecule has 15 nitrogen and oxygen atoms in total. The van der Waals surface area contributed by atoms with Crippen molar-refractivity contribution in [3.63, 3.8) is 0 Å². The summed E-state index contributed by atoms with van der Waals surface area (Å²) in [7, 11) is 2.98. The molecule has 68 heavy (non-hydrogen) atoms. The maximum atomic E-state index is 14.5. The van der Waals surface area contributed by atoms with Crippen molar-refractivity contribution < 1.29 is 38.7 Å². The lowest BCUT2D eigenvalue weighted by atomic mass is 9.95. The number of halogens is 1. The first kappa shape index (κ1) is 61.2. The predicted molar refractivity (Wildman–Crippen MR) is 276 cm³/mol. The van der Waals surface area contributed by atoms with E-state index >= 15 is 0 Å². The standard InChI is InChI=1S/C40H62BrN7O8S.C7H8.C4H10/c1-11-15-47(21-28(49)12-2)34(52)22-45(9)33(51)19-43-36(53)25(4)23-57-35(42)30-16-24(3)20-48(30)38(55)31(18-27-13-14-32(50)29(41)17-27)46(10)37(54)26(5)44-39(56)40(6,7)8;1-7-5-3-2-4-6-7;1-4(2)3/h13-14,17,24-26,30-31,42,50H,11-12,15-16,18-23H2,1-10H3,(H,43,53)(H,44,56);2-6H,1H3;4H,1-3H3/t24-,25+,26-,30-,31+;;/m0../s1. The predicted octanol–water partition coefficient (Wildman–Crippen LogP) is 7.11. The van der Waals surface area contributed by atoms with Crippen LogP contribution in [-0.2, 0) is 40.0 Å². The minimum Gasteiger partial charge on any atom is -0.507 e. The Morgan fingerprint density at radius 3 is 2.06 bits per heavy atom. The number of likely N-dealkylation sites (N-methyl/N-ethyl adjacent to an activating group) is 2. The number of Topliss-reactive ketones (excluding diaryl/α,β-unsaturated/α-hetero) is 1. The molecule has 2 aromatic rings. The highest BCUT2D eigenvalue weighted by atomic mass is 79.9. The largest absolute Gasteiger partial charge is 0.507 e. The molecule has 1 heterocycles. The van der Waals surface area contributed by atoms with Gasteiger partial charge in [-0.1, -0.05) is 111 Å². The van der Waals surface area contributed by atoms with Crippen molar-refractivity contribution in [1.82, 2.24) is 30.2 Å². The van der Waals surface area contributed by atoms with Crippen LogP contribution in [-0.4, -0.2) is 142 Å². The molecule has 3 rings (SSSR count). The third kappa shape index (κ3) is 21.7. The summed E-state index contributed by atoms with van der Waals surface area (Å²) in [5, 5.41) is 24.6. The Bertz CT molecular complexity index is 1990. The second kappa shape index (κ2) is 30.0. The van der Waals surface area contributed by atoms with Crippen LogP contribution in [0.1, 0.15) is 107 Å². The molecule has 1 saturated heterocycles. The van der Waals surface area contributed by atoms with E-state index in [1.807, 2.05) is 32.0 Å². The molecule has 0 aliphatic carbocycles. The van der Waals surface area contributed by atoms with E-state index in [1.54, 1.807) is 58.6 Å². The summed E-state index contributed by atoms with van der Waals surface area (Å²) in [6, 6.07) is 12.6. The van der Waals surface area contributed by atoms with E-state index in [0.29, 0.717) is 42.4 Å². The Hall–Kier alpha value is -4.77. The molecule has 1 aliphatic rings. The molecule has 17 heteroatoms. The highest BCUT2D eigenvalue weighted by Crippen LogP contribution is 2.31. The van der Waals surface area contributed by atoms with Crippen LogP contribution in [0.2, 0.25) is 0 Å². The van der Waals surface area contributed by atoms with Crippen LogP contribution < -0.4 is 10.6 Å². The molecule has 4 N–H and O–H groups in total. The summed E-state index contributed by atoms with van der Waals surface area (Å²) >= 11 is 4.46. The topological polar surface area (TPSA) is 201 Å². The van der Waals surface area contributed by atoms with Gasteiger partial charge in [0.1, 0.15) is 17.8 Å². The van der Waals surface area contributed by atoms with Crippen molar-refractivity contribution in [3.05, 3.63) is 64.1 Å². The lowest BCUT2D eigenvalue weighted by molar-refractivity contribution is -0.146. The first-order valence-electron chi connectivity index (χ1n) is 23.5. The number of rotatable bonds is 19. The lowest BCUT2D eigenvalue weighted by Gasteiger charge is -2.35. The number of phenolic OH excluding ortho intramolecular Hbond substituents is 1. The van der Waals surface area contributed by atoms with E-state index in [2.05, 4.69) is 66.4 Å². The van der Waals surface area contributed by atoms with Gasteiger partial charge < -0.3 is 35.3 Å². The first-order valence-corrected chi connectivity index (χ1v) is 25.3. The van der Waals surface area contributed by atoms with Crippen molar-refractivity contribution in [2.75, 3.05) is 52.6 Å². The minimum atomic E-state index is -1.00. The summed E-state index contributed by atoms with van der Waals surface area (Å²) in [4.78, 5) is 97.0. The second-order valence-electron chi connectivity index (χ2n) is 19.4. The lowest BCUT2D eigenvalue weighted by Crippen LogP contribution is -2.57. The molecule has 5 atom stereocenters. The molecule has 2 aromatic carbocycles. The van der Waals surface area contributed by atoms with Crippen molar-refractivity contribution >= 4 is 74.0 Å². The Kier molecular flexibility index (Phi) is 27.0. The third-order valence-electron chi connectivity index (χ3n) is 10.7. The number of likely N-dealkylation sites (tertiary alicyclic amines) is 1. The molecular weight excluding hydrogens is 951 g/mol. The van der Waals surface area contributed by atoms with Crippen LogP contribution in [0.15, 0.2) is 53.0 Å². The van der Waals surface area contributed by atoms with Gasteiger partial charge in [0.25, 0.3) is 0 Å². The van der Waals surface area contributed by atoms with Crippen LogP contribution in [0.25, 0.3) is 0 Å². The van der Waals surface area contributed by atoms with Crippen molar-refractivity contribution in [1.29, 1.82) is 5.41 Å². The van der Waals surface area contributed by atoms with Crippen molar-refractivity contribution in [3.8, 4) is 5.75 Å². The number of nitrogens with one attached hydrogen (secondary N) is 3. The molecule has 0 bridgehead atoms. The number of carbonyl (C=O) groups is 7. The SMILES string of the molecule is CC(C)C.CCCN(CC(=O)CC)C(=O)CN(C)C(=O)CNC(=O)[C@H](C)CSC(=N)[C@@H]1C[C@H](C)CN1C(=O)[C@@H](Cc1ccc(O)c(Br)c1)N(C)C(=O)[C@H](C)NC(=O)C(C)(C)C.Cc1ccccc1. The number of phenols is 1. The fourth-order valence-electron chi connectivity index (χ4n) is 6.62. The number of benzene rings is 2. The fourth-order valence-corrected chi connectivity index (χ4v) is 8.05. The zero-order valence-electron chi connectivity index (χ0n) is 43.0.